The van der Waals surface area contributed by atoms with E-state index in [-0.39, 0.29) is 43.0 Å². The molecule has 0 spiro atoms. The highest BCUT2D eigenvalue weighted by Gasteiger charge is 2.39. The maximum atomic E-state index is 13.7. The molecule has 0 amide bonds. The molecule has 0 fully saturated rings. The maximum Gasteiger partial charge on any atom is 0.399 e. The van der Waals surface area contributed by atoms with Crippen LogP contribution in [-0.4, -0.2) is 16.9 Å². The number of ketones is 1. The summed E-state index contributed by atoms with van der Waals surface area (Å²) < 4.78 is 41.8. The molecule has 0 bridgehead atoms. The van der Waals surface area contributed by atoms with Gasteiger partial charge in [-0.25, -0.2) is 0 Å². The first kappa shape index (κ1) is 28.9. The van der Waals surface area contributed by atoms with E-state index in [0.717, 1.165) is 18.2 Å². The van der Waals surface area contributed by atoms with Crippen LogP contribution in [-0.2, 0) is 4.79 Å². The standard InChI is InChI=1S/C24H20BrCl3F3NOS/c1-4-12(2)22(33)13(3)32-23(34)16-7-5-14(9-18(16)25)6-8-17(24(29,30)31)15-10-19(26)21(28)20(27)11-15/h5-12,17H,3-4H2,1-2H3,(H,32,34). The fourth-order valence-electron chi connectivity index (χ4n) is 2.94. The minimum Gasteiger partial charge on any atom is -0.344 e. The van der Waals surface area contributed by atoms with Gasteiger partial charge in [-0.3, -0.25) is 4.79 Å². The number of hydrogen-bond acceptors (Lipinski definition) is 2. The zero-order chi connectivity index (χ0) is 25.8. The molecular weight excluding hydrogens is 594 g/mol. The second-order valence-electron chi connectivity index (χ2n) is 7.52. The molecule has 0 heterocycles. The van der Waals surface area contributed by atoms with Crippen LogP contribution in [0, 0.1) is 5.92 Å². The van der Waals surface area contributed by atoms with Gasteiger partial charge in [-0.2, -0.15) is 13.2 Å². The molecule has 10 heteroatoms. The van der Waals surface area contributed by atoms with Gasteiger partial charge in [0, 0.05) is 16.0 Å². The summed E-state index contributed by atoms with van der Waals surface area (Å²) in [7, 11) is 0. The van der Waals surface area contributed by atoms with Gasteiger partial charge in [-0.1, -0.05) is 108 Å². The average Bonchev–Trinajstić information content (AvgIpc) is 2.75. The first-order chi connectivity index (χ1) is 15.8. The minimum atomic E-state index is -4.58. The van der Waals surface area contributed by atoms with E-state index in [1.807, 2.05) is 6.92 Å². The van der Waals surface area contributed by atoms with E-state index in [9.17, 15) is 18.0 Å². The zero-order valence-corrected chi connectivity index (χ0v) is 22.7. The van der Waals surface area contributed by atoms with E-state index in [4.69, 9.17) is 47.0 Å². The van der Waals surface area contributed by atoms with Crippen LogP contribution in [0.4, 0.5) is 13.2 Å². The van der Waals surface area contributed by atoms with Gasteiger partial charge >= 0.3 is 6.18 Å². The van der Waals surface area contributed by atoms with E-state index in [2.05, 4.69) is 27.8 Å². The predicted molar refractivity (Wildman–Crippen MR) is 142 cm³/mol. The number of rotatable bonds is 8. The van der Waals surface area contributed by atoms with Crippen LogP contribution in [0.15, 0.2) is 53.2 Å². The van der Waals surface area contributed by atoms with Crippen LogP contribution in [0.1, 0.15) is 42.9 Å². The van der Waals surface area contributed by atoms with Gasteiger partial charge in [-0.05, 0) is 35.7 Å². The number of nitrogens with one attached hydrogen (secondary N) is 1. The number of benzene rings is 2. The topological polar surface area (TPSA) is 29.1 Å². The molecule has 2 atom stereocenters. The minimum absolute atomic E-state index is 0.00498. The summed E-state index contributed by atoms with van der Waals surface area (Å²) in [6, 6.07) is 7.16. The first-order valence-corrected chi connectivity index (χ1v) is 12.3. The largest absolute Gasteiger partial charge is 0.399 e. The Kier molecular flexibility index (Phi) is 10.2. The van der Waals surface area contributed by atoms with Crippen LogP contribution in [0.25, 0.3) is 6.08 Å². The van der Waals surface area contributed by atoms with Gasteiger partial charge in [0.1, 0.15) is 4.99 Å². The molecule has 2 nitrogen and oxygen atoms in total. The summed E-state index contributed by atoms with van der Waals surface area (Å²) in [5.41, 5.74) is 1.11. The zero-order valence-electron chi connectivity index (χ0n) is 18.1. The lowest BCUT2D eigenvalue weighted by molar-refractivity contribution is -0.139. The molecule has 2 aromatic rings. The molecule has 34 heavy (non-hydrogen) atoms. The summed E-state index contributed by atoms with van der Waals surface area (Å²) in [5.74, 6) is -2.28. The van der Waals surface area contributed by atoms with E-state index in [1.165, 1.54) is 6.08 Å². The third kappa shape index (κ3) is 7.31. The second-order valence-corrected chi connectivity index (χ2v) is 9.98. The summed E-state index contributed by atoms with van der Waals surface area (Å²) in [6.07, 6.45) is -1.56. The Morgan fingerprint density at radius 2 is 1.79 bits per heavy atom. The van der Waals surface area contributed by atoms with Gasteiger partial charge in [-0.15, -0.1) is 0 Å². The number of carbonyl (C=O) groups is 1. The number of alkyl halides is 3. The average molecular weight is 614 g/mol. The number of Topliss-reactive ketones (excluding diaryl/α,β-unsaturated/α-hetero) is 1. The molecule has 2 unspecified atom stereocenters. The van der Waals surface area contributed by atoms with Crippen molar-refractivity contribution in [1.82, 2.24) is 5.32 Å². The van der Waals surface area contributed by atoms with Gasteiger partial charge < -0.3 is 5.32 Å². The molecule has 182 valence electrons. The molecule has 0 aliphatic carbocycles. The van der Waals surface area contributed by atoms with Crippen molar-refractivity contribution < 1.29 is 18.0 Å². The summed E-state index contributed by atoms with van der Waals surface area (Å²) in [6.45, 7) is 7.45. The lowest BCUT2D eigenvalue weighted by Crippen LogP contribution is -2.28. The lowest BCUT2D eigenvalue weighted by atomic mass is 9.97. The Morgan fingerprint density at radius 3 is 2.29 bits per heavy atom. The van der Waals surface area contributed by atoms with Crippen molar-refractivity contribution in [1.29, 1.82) is 0 Å². The van der Waals surface area contributed by atoms with Gasteiger partial charge in [0.2, 0.25) is 0 Å². The molecule has 0 saturated carbocycles. The highest BCUT2D eigenvalue weighted by molar-refractivity contribution is 9.10. The van der Waals surface area contributed by atoms with Crippen molar-refractivity contribution in [2.45, 2.75) is 32.4 Å². The van der Waals surface area contributed by atoms with E-state index in [1.54, 1.807) is 25.1 Å². The molecular formula is C24H20BrCl3F3NOS. The van der Waals surface area contributed by atoms with Crippen LogP contribution in [0.3, 0.4) is 0 Å². The number of thiocarbonyl (C=S) groups is 1. The van der Waals surface area contributed by atoms with Crippen LogP contribution in [0.5, 0.6) is 0 Å². The van der Waals surface area contributed by atoms with Crippen LogP contribution in [0.2, 0.25) is 15.1 Å². The van der Waals surface area contributed by atoms with Crippen molar-refractivity contribution in [2.75, 3.05) is 0 Å². The first-order valence-electron chi connectivity index (χ1n) is 9.99. The number of allylic oxidation sites excluding steroid dienone is 2. The SMILES string of the molecule is C=C(NC(=S)c1ccc(C=CC(c2cc(Cl)c(Cl)c(Cl)c2)C(F)(F)F)cc1Br)C(=O)C(C)CC. The van der Waals surface area contributed by atoms with E-state index < -0.39 is 12.1 Å². The van der Waals surface area contributed by atoms with Crippen molar-refractivity contribution in [3.63, 3.8) is 0 Å². The normalized spacial score (nSPS) is 13.6. The Bertz CT molecular complexity index is 1130. The van der Waals surface area contributed by atoms with E-state index >= 15 is 0 Å². The van der Waals surface area contributed by atoms with Crippen LogP contribution >= 0.6 is 63.0 Å². The molecule has 0 aromatic heterocycles. The Hall–Kier alpha value is -1.38. The summed E-state index contributed by atoms with van der Waals surface area (Å²) in [5, 5.41) is 2.70. The number of hydrogen-bond donors (Lipinski definition) is 1. The molecule has 0 radical (unpaired) electrons. The van der Waals surface area contributed by atoms with Gasteiger partial charge in [0.15, 0.2) is 5.78 Å². The van der Waals surface area contributed by atoms with Crippen LogP contribution < -0.4 is 5.32 Å². The monoisotopic (exact) mass is 611 g/mol. The third-order valence-corrected chi connectivity index (χ3v) is 7.23. The predicted octanol–water partition coefficient (Wildman–Crippen LogP) is 9.16. The Balaban J connectivity index is 2.27. The van der Waals surface area contributed by atoms with Crippen molar-refractivity contribution in [3.05, 3.63) is 84.9 Å². The smallest absolute Gasteiger partial charge is 0.344 e. The van der Waals surface area contributed by atoms with Crippen molar-refractivity contribution in [2.24, 2.45) is 5.92 Å². The number of halogens is 7. The molecule has 0 aliphatic rings. The summed E-state index contributed by atoms with van der Waals surface area (Å²) >= 11 is 26.5. The molecule has 2 rings (SSSR count). The quantitative estimate of drug-likeness (QED) is 0.183. The lowest BCUT2D eigenvalue weighted by Gasteiger charge is -2.18. The third-order valence-electron chi connectivity index (χ3n) is 5.06. The molecule has 0 saturated heterocycles. The fourth-order valence-corrected chi connectivity index (χ4v) is 4.58. The second kappa shape index (κ2) is 12.0. The Morgan fingerprint density at radius 1 is 1.21 bits per heavy atom. The highest BCUT2D eigenvalue weighted by atomic mass is 79.9. The van der Waals surface area contributed by atoms with E-state index in [0.29, 0.717) is 22.0 Å². The molecule has 0 aliphatic heterocycles. The van der Waals surface area contributed by atoms with Gasteiger partial charge in [0.05, 0.1) is 26.7 Å². The molecule has 1 N–H and O–H groups in total. The van der Waals surface area contributed by atoms with Crippen molar-refractivity contribution in [3.8, 4) is 0 Å². The fraction of sp³-hybridized carbons (Fsp3) is 0.250. The Labute approximate surface area is 225 Å². The number of carbonyl (C=O) groups excluding carboxylic acids is 1. The molecule has 2 aromatic carbocycles. The summed E-state index contributed by atoms with van der Waals surface area (Å²) in [4.78, 5) is 12.5. The van der Waals surface area contributed by atoms with Crippen molar-refractivity contribution >= 4 is 79.8 Å². The highest BCUT2D eigenvalue weighted by Crippen LogP contribution is 2.41. The van der Waals surface area contributed by atoms with Gasteiger partial charge in [0.25, 0.3) is 0 Å². The maximum absolute atomic E-state index is 13.7.